The molecule has 0 aliphatic heterocycles. The fourth-order valence-electron chi connectivity index (χ4n) is 2.13. The molecule has 0 aliphatic carbocycles. The van der Waals surface area contributed by atoms with Crippen molar-refractivity contribution < 1.29 is 27.8 Å². The summed E-state index contributed by atoms with van der Waals surface area (Å²) in [5.41, 5.74) is 0.468. The van der Waals surface area contributed by atoms with Crippen molar-refractivity contribution in [3.05, 3.63) is 41.3 Å². The van der Waals surface area contributed by atoms with Gasteiger partial charge in [0.15, 0.2) is 11.5 Å². The minimum Gasteiger partial charge on any atom is -0.493 e. The van der Waals surface area contributed by atoms with E-state index >= 15 is 0 Å². The van der Waals surface area contributed by atoms with Crippen LogP contribution >= 0.6 is 11.3 Å². The topological polar surface area (TPSA) is 102 Å². The van der Waals surface area contributed by atoms with Crippen molar-refractivity contribution in [1.29, 1.82) is 0 Å². The molecule has 2 rings (SSSR count). The zero-order chi connectivity index (χ0) is 17.7. The molecule has 1 aromatic heterocycles. The van der Waals surface area contributed by atoms with Crippen LogP contribution in [0.2, 0.25) is 0 Å². The van der Waals surface area contributed by atoms with Gasteiger partial charge in [-0.25, -0.2) is 13.1 Å². The molecule has 1 heterocycles. The van der Waals surface area contributed by atoms with E-state index in [0.29, 0.717) is 17.1 Å². The van der Waals surface area contributed by atoms with E-state index in [1.165, 1.54) is 20.3 Å². The largest absolute Gasteiger partial charge is 0.493 e. The number of benzene rings is 1. The molecule has 1 atom stereocenters. The van der Waals surface area contributed by atoms with E-state index in [9.17, 15) is 13.2 Å². The lowest BCUT2D eigenvalue weighted by molar-refractivity contribution is -0.137. The van der Waals surface area contributed by atoms with E-state index in [2.05, 4.69) is 4.72 Å². The first-order valence-corrected chi connectivity index (χ1v) is 9.23. The van der Waals surface area contributed by atoms with Gasteiger partial charge in [-0.3, -0.25) is 4.79 Å². The van der Waals surface area contributed by atoms with E-state index in [4.69, 9.17) is 14.6 Å². The van der Waals surface area contributed by atoms with E-state index in [0.717, 1.165) is 11.3 Å². The van der Waals surface area contributed by atoms with Crippen LogP contribution in [-0.2, 0) is 14.8 Å². The Morgan fingerprint density at radius 2 is 1.96 bits per heavy atom. The smallest absolute Gasteiger partial charge is 0.305 e. The predicted molar refractivity (Wildman–Crippen MR) is 89.2 cm³/mol. The second-order valence-electron chi connectivity index (χ2n) is 4.82. The molecule has 0 spiro atoms. The van der Waals surface area contributed by atoms with Gasteiger partial charge < -0.3 is 14.6 Å². The summed E-state index contributed by atoms with van der Waals surface area (Å²) in [5, 5.41) is 10.7. The molecule has 0 unspecified atom stereocenters. The zero-order valence-electron chi connectivity index (χ0n) is 13.1. The molecule has 0 bridgehead atoms. The van der Waals surface area contributed by atoms with Crippen molar-refractivity contribution in [3.63, 3.8) is 0 Å². The number of carboxylic acid groups (broad SMARTS) is 1. The summed E-state index contributed by atoms with van der Waals surface area (Å²) in [6.45, 7) is 0. The molecule has 2 N–H and O–H groups in total. The fraction of sp³-hybridized carbons (Fsp3) is 0.267. The van der Waals surface area contributed by atoms with E-state index in [-0.39, 0.29) is 4.21 Å². The second kappa shape index (κ2) is 7.65. The maximum atomic E-state index is 12.4. The average Bonchev–Trinajstić information content (AvgIpc) is 3.08. The predicted octanol–water partition coefficient (Wildman–Crippen LogP) is 2.26. The number of methoxy groups -OCH3 is 2. The first kappa shape index (κ1) is 18.2. The summed E-state index contributed by atoms with van der Waals surface area (Å²) in [6.07, 6.45) is -0.403. The fourth-order valence-corrected chi connectivity index (χ4v) is 4.37. The summed E-state index contributed by atoms with van der Waals surface area (Å²) in [5.74, 6) is -0.263. The van der Waals surface area contributed by atoms with Crippen LogP contribution in [0.1, 0.15) is 18.0 Å². The van der Waals surface area contributed by atoms with Gasteiger partial charge in [-0.05, 0) is 29.1 Å². The Bertz CT molecular complexity index is 801. The molecule has 130 valence electrons. The van der Waals surface area contributed by atoms with Crippen LogP contribution in [-0.4, -0.2) is 33.7 Å². The Hall–Kier alpha value is -2.10. The molecule has 0 saturated heterocycles. The van der Waals surface area contributed by atoms with Gasteiger partial charge in [-0.15, -0.1) is 11.3 Å². The highest BCUT2D eigenvalue weighted by molar-refractivity contribution is 7.91. The molecule has 0 amide bonds. The third-order valence-corrected chi connectivity index (χ3v) is 6.12. The number of hydrogen-bond donors (Lipinski definition) is 2. The van der Waals surface area contributed by atoms with Gasteiger partial charge >= 0.3 is 5.97 Å². The van der Waals surface area contributed by atoms with Crippen molar-refractivity contribution in [2.45, 2.75) is 16.7 Å². The second-order valence-corrected chi connectivity index (χ2v) is 7.71. The highest BCUT2D eigenvalue weighted by Gasteiger charge is 2.25. The number of thiophene rings is 1. The first-order chi connectivity index (χ1) is 11.4. The molecule has 2 aromatic rings. The number of aliphatic carboxylic acids is 1. The van der Waals surface area contributed by atoms with E-state index in [1.54, 1.807) is 29.6 Å². The molecular formula is C15H17NO6S2. The lowest BCUT2D eigenvalue weighted by Crippen LogP contribution is -2.29. The minimum atomic E-state index is -3.81. The van der Waals surface area contributed by atoms with Gasteiger partial charge in [0.05, 0.1) is 26.7 Å². The Morgan fingerprint density at radius 3 is 2.50 bits per heavy atom. The number of rotatable bonds is 8. The molecule has 9 heteroatoms. The minimum absolute atomic E-state index is 0.123. The number of carbonyl (C=O) groups is 1. The molecule has 7 nitrogen and oxygen atoms in total. The molecule has 0 saturated carbocycles. The SMILES string of the molecule is COc1ccc([C@H](CC(=O)O)NS(=O)(=O)c2cccs2)cc1OC. The molecule has 0 radical (unpaired) electrons. The van der Waals surface area contributed by atoms with Gasteiger partial charge in [0.1, 0.15) is 4.21 Å². The van der Waals surface area contributed by atoms with Gasteiger partial charge in [0.2, 0.25) is 0 Å². The van der Waals surface area contributed by atoms with Crippen molar-refractivity contribution in [2.75, 3.05) is 14.2 Å². The third-order valence-electron chi connectivity index (χ3n) is 3.25. The highest BCUT2D eigenvalue weighted by Crippen LogP contribution is 2.32. The van der Waals surface area contributed by atoms with Crippen molar-refractivity contribution in [3.8, 4) is 11.5 Å². The van der Waals surface area contributed by atoms with Crippen LogP contribution in [0, 0.1) is 0 Å². The van der Waals surface area contributed by atoms with E-state index < -0.39 is 28.5 Å². The van der Waals surface area contributed by atoms with Gasteiger partial charge in [-0.1, -0.05) is 12.1 Å². The third kappa shape index (κ3) is 4.25. The maximum Gasteiger partial charge on any atom is 0.305 e. The van der Waals surface area contributed by atoms with Crippen molar-refractivity contribution >= 4 is 27.3 Å². The summed E-state index contributed by atoms with van der Waals surface area (Å²) in [7, 11) is -0.886. The van der Waals surface area contributed by atoms with Crippen molar-refractivity contribution in [1.82, 2.24) is 4.72 Å². The monoisotopic (exact) mass is 371 g/mol. The molecule has 1 aromatic carbocycles. The van der Waals surface area contributed by atoms with Gasteiger partial charge in [-0.2, -0.15) is 0 Å². The molecule has 0 fully saturated rings. The summed E-state index contributed by atoms with van der Waals surface area (Å²) >= 11 is 1.06. The number of hydrogen-bond acceptors (Lipinski definition) is 6. The summed E-state index contributed by atoms with van der Waals surface area (Å²) in [4.78, 5) is 11.1. The standard InChI is InChI=1S/C15H17NO6S2/c1-21-12-6-5-10(8-13(12)22-2)11(9-14(17)18)16-24(19,20)15-4-3-7-23-15/h3-8,11,16H,9H2,1-2H3,(H,17,18)/t11-/m0/s1. The van der Waals surface area contributed by atoms with Crippen LogP contribution < -0.4 is 14.2 Å². The van der Waals surface area contributed by atoms with Crippen LogP contribution in [0.5, 0.6) is 11.5 Å². The Kier molecular flexibility index (Phi) is 5.81. The number of nitrogens with one attached hydrogen (secondary N) is 1. The zero-order valence-corrected chi connectivity index (χ0v) is 14.7. The Labute approximate surface area is 143 Å². The Balaban J connectivity index is 2.37. The molecule has 0 aliphatic rings. The van der Waals surface area contributed by atoms with Crippen LogP contribution in [0.4, 0.5) is 0 Å². The van der Waals surface area contributed by atoms with Crippen molar-refractivity contribution in [2.24, 2.45) is 0 Å². The quantitative estimate of drug-likeness (QED) is 0.738. The lowest BCUT2D eigenvalue weighted by Gasteiger charge is -2.18. The maximum absolute atomic E-state index is 12.4. The average molecular weight is 371 g/mol. The normalized spacial score (nSPS) is 12.6. The number of carboxylic acids is 1. The van der Waals surface area contributed by atoms with Crippen LogP contribution in [0.25, 0.3) is 0 Å². The molecule has 24 heavy (non-hydrogen) atoms. The summed E-state index contributed by atoms with van der Waals surface area (Å²) < 4.78 is 37.7. The number of sulfonamides is 1. The Morgan fingerprint density at radius 1 is 1.25 bits per heavy atom. The first-order valence-electron chi connectivity index (χ1n) is 6.87. The number of ether oxygens (including phenoxy) is 2. The van der Waals surface area contributed by atoms with Gasteiger partial charge in [0, 0.05) is 0 Å². The van der Waals surface area contributed by atoms with Crippen LogP contribution in [0.15, 0.2) is 39.9 Å². The summed E-state index contributed by atoms with van der Waals surface area (Å²) in [6, 6.07) is 6.90. The lowest BCUT2D eigenvalue weighted by atomic mass is 10.0. The van der Waals surface area contributed by atoms with Crippen LogP contribution in [0.3, 0.4) is 0 Å². The molecular weight excluding hydrogens is 354 g/mol. The highest BCUT2D eigenvalue weighted by atomic mass is 32.2. The van der Waals surface area contributed by atoms with E-state index in [1.807, 2.05) is 0 Å². The van der Waals surface area contributed by atoms with Gasteiger partial charge in [0.25, 0.3) is 10.0 Å².